The Hall–Kier alpha value is -1.49. The van der Waals surface area contributed by atoms with Crippen LogP contribution in [0.3, 0.4) is 0 Å². The minimum absolute atomic E-state index is 0.346. The summed E-state index contributed by atoms with van der Waals surface area (Å²) in [6.45, 7) is 2.15. The number of rotatable bonds is 5. The average molecular weight is 314 g/mol. The molecule has 0 amide bonds. The number of thiophene rings is 1. The van der Waals surface area contributed by atoms with Crippen LogP contribution in [0.4, 0.5) is 0 Å². The number of benzene rings is 1. The van der Waals surface area contributed by atoms with Crippen LogP contribution in [0, 0.1) is 6.92 Å². The fourth-order valence-electron chi connectivity index (χ4n) is 2.31. The van der Waals surface area contributed by atoms with E-state index in [-0.39, 0.29) is 0 Å². The molecule has 3 aromatic rings. The van der Waals surface area contributed by atoms with Crippen LogP contribution >= 0.6 is 22.7 Å². The predicted molar refractivity (Wildman–Crippen MR) is 92.1 cm³/mol. The van der Waals surface area contributed by atoms with Crippen molar-refractivity contribution >= 4 is 22.7 Å². The van der Waals surface area contributed by atoms with Crippen molar-refractivity contribution in [2.24, 2.45) is 0 Å². The lowest BCUT2D eigenvalue weighted by Crippen LogP contribution is -2.17. The molecule has 0 aliphatic heterocycles. The van der Waals surface area contributed by atoms with Gasteiger partial charge in [0.15, 0.2) is 0 Å². The maximum Gasteiger partial charge on any atom is 0.0951 e. The summed E-state index contributed by atoms with van der Waals surface area (Å²) in [5.41, 5.74) is 2.26. The van der Waals surface area contributed by atoms with Crippen molar-refractivity contribution in [3.63, 3.8) is 0 Å². The Labute approximate surface area is 133 Å². The molecule has 1 atom stereocenters. The third-order valence-corrected chi connectivity index (χ3v) is 5.44. The summed E-state index contributed by atoms with van der Waals surface area (Å²) in [6.07, 6.45) is 0.938. The van der Waals surface area contributed by atoms with Gasteiger partial charge in [-0.05, 0) is 26.1 Å². The molecule has 2 aromatic heterocycles. The minimum atomic E-state index is 0.346. The molecular weight excluding hydrogens is 296 g/mol. The van der Waals surface area contributed by atoms with Crippen LogP contribution in [0.5, 0.6) is 0 Å². The van der Waals surface area contributed by atoms with Crippen molar-refractivity contribution in [3.05, 3.63) is 62.6 Å². The third-order valence-electron chi connectivity index (χ3n) is 3.45. The Morgan fingerprint density at radius 1 is 1.14 bits per heavy atom. The Balaban J connectivity index is 1.77. The minimum Gasteiger partial charge on any atom is -0.312 e. The second-order valence-electron chi connectivity index (χ2n) is 4.99. The van der Waals surface area contributed by atoms with Crippen molar-refractivity contribution < 1.29 is 0 Å². The Kier molecular flexibility index (Phi) is 4.48. The van der Waals surface area contributed by atoms with E-state index in [0.29, 0.717) is 6.04 Å². The van der Waals surface area contributed by atoms with Gasteiger partial charge in [0.25, 0.3) is 0 Å². The standard InChI is InChI=1S/C17H18N2S2/c1-12-8-9-16(21-12)14(18-2)10-17-19-15(11-20-17)13-6-4-3-5-7-13/h3-9,11,14,18H,10H2,1-2H3. The first-order valence-corrected chi connectivity index (χ1v) is 8.69. The molecular formula is C17H18N2S2. The topological polar surface area (TPSA) is 24.9 Å². The molecule has 0 aliphatic carbocycles. The molecule has 1 unspecified atom stereocenters. The van der Waals surface area contributed by atoms with Gasteiger partial charge in [-0.2, -0.15) is 0 Å². The van der Waals surface area contributed by atoms with E-state index in [1.807, 2.05) is 24.5 Å². The van der Waals surface area contributed by atoms with Gasteiger partial charge in [0.1, 0.15) is 0 Å². The van der Waals surface area contributed by atoms with Gasteiger partial charge in [-0.3, -0.25) is 0 Å². The number of thiazole rings is 1. The number of hydrogen-bond acceptors (Lipinski definition) is 4. The third kappa shape index (κ3) is 3.40. The first-order valence-electron chi connectivity index (χ1n) is 6.99. The zero-order valence-electron chi connectivity index (χ0n) is 12.2. The van der Waals surface area contributed by atoms with Gasteiger partial charge in [-0.15, -0.1) is 22.7 Å². The smallest absolute Gasteiger partial charge is 0.0951 e. The SMILES string of the molecule is CNC(Cc1nc(-c2ccccc2)cs1)c1ccc(C)s1. The summed E-state index contributed by atoms with van der Waals surface area (Å²) in [5, 5.41) is 6.74. The summed E-state index contributed by atoms with van der Waals surface area (Å²) in [4.78, 5) is 7.52. The van der Waals surface area contributed by atoms with E-state index >= 15 is 0 Å². The number of aromatic nitrogens is 1. The molecule has 21 heavy (non-hydrogen) atoms. The van der Waals surface area contributed by atoms with Crippen molar-refractivity contribution in [2.75, 3.05) is 7.05 Å². The second-order valence-corrected chi connectivity index (χ2v) is 7.25. The largest absolute Gasteiger partial charge is 0.312 e. The quantitative estimate of drug-likeness (QED) is 0.739. The summed E-state index contributed by atoms with van der Waals surface area (Å²) in [6, 6.07) is 15.1. The van der Waals surface area contributed by atoms with Crippen LogP contribution in [0.25, 0.3) is 11.3 Å². The maximum absolute atomic E-state index is 4.78. The summed E-state index contributed by atoms with van der Waals surface area (Å²) in [5.74, 6) is 0. The Morgan fingerprint density at radius 3 is 2.62 bits per heavy atom. The van der Waals surface area contributed by atoms with E-state index < -0.39 is 0 Å². The van der Waals surface area contributed by atoms with Gasteiger partial charge in [0, 0.05) is 33.2 Å². The lowest BCUT2D eigenvalue weighted by molar-refractivity contribution is 0.600. The van der Waals surface area contributed by atoms with Gasteiger partial charge >= 0.3 is 0 Å². The van der Waals surface area contributed by atoms with Gasteiger partial charge in [0.05, 0.1) is 10.7 Å². The highest BCUT2D eigenvalue weighted by Gasteiger charge is 2.14. The van der Waals surface area contributed by atoms with Crippen molar-refractivity contribution in [1.82, 2.24) is 10.3 Å². The van der Waals surface area contributed by atoms with Crippen molar-refractivity contribution in [1.29, 1.82) is 0 Å². The molecule has 4 heteroatoms. The van der Waals surface area contributed by atoms with E-state index in [0.717, 1.165) is 12.1 Å². The number of hydrogen-bond donors (Lipinski definition) is 1. The fraction of sp³-hybridized carbons (Fsp3) is 0.235. The van der Waals surface area contributed by atoms with Gasteiger partial charge < -0.3 is 5.32 Å². The number of aryl methyl sites for hydroxylation is 1. The predicted octanol–water partition coefficient (Wildman–Crippen LogP) is 4.68. The van der Waals surface area contributed by atoms with E-state index in [1.54, 1.807) is 11.3 Å². The molecule has 0 saturated carbocycles. The lowest BCUT2D eigenvalue weighted by Gasteiger charge is -2.12. The Bertz CT molecular complexity index is 700. The molecule has 0 radical (unpaired) electrons. The molecule has 108 valence electrons. The number of nitrogens with one attached hydrogen (secondary N) is 1. The van der Waals surface area contributed by atoms with E-state index in [1.165, 1.54) is 20.3 Å². The first kappa shape index (κ1) is 14.4. The van der Waals surface area contributed by atoms with Crippen LogP contribution in [0.15, 0.2) is 47.8 Å². The molecule has 3 rings (SSSR count). The molecule has 0 saturated heterocycles. The summed E-state index contributed by atoms with van der Waals surface area (Å²) in [7, 11) is 2.02. The molecule has 1 aromatic carbocycles. The van der Waals surface area contributed by atoms with Gasteiger partial charge in [0.2, 0.25) is 0 Å². The van der Waals surface area contributed by atoms with E-state index in [4.69, 9.17) is 4.98 Å². The van der Waals surface area contributed by atoms with Crippen LogP contribution in [-0.2, 0) is 6.42 Å². The molecule has 0 spiro atoms. The molecule has 2 nitrogen and oxygen atoms in total. The van der Waals surface area contributed by atoms with Gasteiger partial charge in [-0.1, -0.05) is 30.3 Å². The van der Waals surface area contributed by atoms with Crippen LogP contribution < -0.4 is 5.32 Å². The van der Waals surface area contributed by atoms with E-state index in [2.05, 4.69) is 54.0 Å². The maximum atomic E-state index is 4.78. The molecule has 0 aliphatic rings. The van der Waals surface area contributed by atoms with Crippen molar-refractivity contribution in [2.45, 2.75) is 19.4 Å². The van der Waals surface area contributed by atoms with E-state index in [9.17, 15) is 0 Å². The first-order chi connectivity index (χ1) is 10.3. The second kappa shape index (κ2) is 6.52. The highest BCUT2D eigenvalue weighted by molar-refractivity contribution is 7.12. The zero-order chi connectivity index (χ0) is 14.7. The fourth-order valence-corrected chi connectivity index (χ4v) is 4.14. The number of nitrogens with zero attached hydrogens (tertiary/aromatic N) is 1. The summed E-state index contributed by atoms with van der Waals surface area (Å²) < 4.78 is 0. The summed E-state index contributed by atoms with van der Waals surface area (Å²) >= 11 is 3.60. The highest BCUT2D eigenvalue weighted by atomic mass is 32.1. The zero-order valence-corrected chi connectivity index (χ0v) is 13.8. The lowest BCUT2D eigenvalue weighted by atomic mass is 10.1. The Morgan fingerprint density at radius 2 is 1.95 bits per heavy atom. The van der Waals surface area contributed by atoms with Crippen LogP contribution in [-0.4, -0.2) is 12.0 Å². The molecule has 2 heterocycles. The van der Waals surface area contributed by atoms with Crippen LogP contribution in [0.1, 0.15) is 20.8 Å². The number of likely N-dealkylation sites (N-methyl/N-ethyl adjacent to an activating group) is 1. The highest BCUT2D eigenvalue weighted by Crippen LogP contribution is 2.28. The van der Waals surface area contributed by atoms with Gasteiger partial charge in [-0.25, -0.2) is 4.98 Å². The monoisotopic (exact) mass is 314 g/mol. The van der Waals surface area contributed by atoms with Crippen LogP contribution in [0.2, 0.25) is 0 Å². The molecule has 0 bridgehead atoms. The normalized spacial score (nSPS) is 12.5. The average Bonchev–Trinajstić information content (AvgIpc) is 3.15. The molecule has 0 fully saturated rings. The molecule has 1 N–H and O–H groups in total. The van der Waals surface area contributed by atoms with Crippen molar-refractivity contribution in [3.8, 4) is 11.3 Å².